The Hall–Kier alpha value is -4.04. The topological polar surface area (TPSA) is 91.7 Å². The first kappa shape index (κ1) is 20.6. The summed E-state index contributed by atoms with van der Waals surface area (Å²) in [5.74, 6) is 0.316. The smallest absolute Gasteiger partial charge is 0.256 e. The number of aromatic nitrogens is 5. The van der Waals surface area contributed by atoms with E-state index in [0.717, 1.165) is 40.6 Å². The third kappa shape index (κ3) is 3.82. The molecule has 0 aliphatic carbocycles. The summed E-state index contributed by atoms with van der Waals surface area (Å²) in [4.78, 5) is 27.4. The molecule has 1 aliphatic heterocycles. The van der Waals surface area contributed by atoms with Crippen LogP contribution < -0.4 is 5.32 Å². The number of aromatic amines is 1. The van der Waals surface area contributed by atoms with Crippen LogP contribution in [0.1, 0.15) is 35.8 Å². The van der Waals surface area contributed by atoms with Gasteiger partial charge in [0.05, 0.1) is 22.9 Å². The maximum atomic E-state index is 12.9. The molecule has 1 atom stereocenters. The van der Waals surface area contributed by atoms with Gasteiger partial charge in [-0.2, -0.15) is 5.10 Å². The fourth-order valence-corrected chi connectivity index (χ4v) is 4.74. The van der Waals surface area contributed by atoms with Gasteiger partial charge in [0.2, 0.25) is 0 Å². The van der Waals surface area contributed by atoms with E-state index in [1.54, 1.807) is 30.9 Å². The van der Waals surface area contributed by atoms with Crippen molar-refractivity contribution < 1.29 is 4.79 Å². The first-order valence-electron chi connectivity index (χ1n) is 11.6. The zero-order valence-corrected chi connectivity index (χ0v) is 18.9. The van der Waals surface area contributed by atoms with Crippen molar-refractivity contribution in [2.24, 2.45) is 0 Å². The molecule has 0 radical (unpaired) electrons. The number of nitrogens with zero attached hydrogens (tertiary/aromatic N) is 5. The molecule has 170 valence electrons. The molecule has 0 spiro atoms. The third-order valence-electron chi connectivity index (χ3n) is 6.60. The highest BCUT2D eigenvalue weighted by molar-refractivity contribution is 6.06. The van der Waals surface area contributed by atoms with Gasteiger partial charge in [-0.15, -0.1) is 0 Å². The van der Waals surface area contributed by atoms with E-state index in [9.17, 15) is 4.79 Å². The van der Waals surface area contributed by atoms with Crippen LogP contribution in [0.2, 0.25) is 0 Å². The largest absolute Gasteiger partial charge is 0.357 e. The lowest BCUT2D eigenvalue weighted by Gasteiger charge is -2.19. The molecule has 5 aromatic rings. The van der Waals surface area contributed by atoms with Crippen molar-refractivity contribution >= 4 is 33.5 Å². The Morgan fingerprint density at radius 3 is 2.82 bits per heavy atom. The Bertz CT molecular complexity index is 1490. The van der Waals surface area contributed by atoms with Crippen LogP contribution in [-0.2, 0) is 6.54 Å². The number of anilines is 1. The lowest BCUT2D eigenvalue weighted by molar-refractivity contribution is 0.102. The molecule has 0 unspecified atom stereocenters. The van der Waals surface area contributed by atoms with Gasteiger partial charge in [0.15, 0.2) is 0 Å². The second kappa shape index (κ2) is 8.39. The number of hydrogen-bond acceptors (Lipinski definition) is 5. The highest BCUT2D eigenvalue weighted by Crippen LogP contribution is 2.24. The Kier molecular flexibility index (Phi) is 5.07. The lowest BCUT2D eigenvalue weighted by Crippen LogP contribution is -2.26. The number of fused-ring (bicyclic) bond motifs is 2. The van der Waals surface area contributed by atoms with Crippen LogP contribution in [0.4, 0.5) is 5.82 Å². The SMILES string of the molecule is C[C@H]1CCCN1Cc1cc2cnc(NC(=O)c3ccc4c(cnn4-c4ccncc4)c3)cc2[nH]1. The molecule has 1 fully saturated rings. The highest BCUT2D eigenvalue weighted by Gasteiger charge is 2.20. The van der Waals surface area contributed by atoms with Gasteiger partial charge in [0, 0.05) is 59.3 Å². The summed E-state index contributed by atoms with van der Waals surface area (Å²) in [5, 5.41) is 9.33. The Balaban J connectivity index is 1.20. The summed E-state index contributed by atoms with van der Waals surface area (Å²) >= 11 is 0. The molecule has 0 saturated carbocycles. The Labute approximate surface area is 196 Å². The van der Waals surface area contributed by atoms with Gasteiger partial charge in [0.1, 0.15) is 5.82 Å². The molecule has 1 saturated heterocycles. The van der Waals surface area contributed by atoms with Crippen molar-refractivity contribution in [3.05, 3.63) is 78.5 Å². The molecule has 8 nitrogen and oxygen atoms in total. The molecular weight excluding hydrogens is 426 g/mol. The average molecular weight is 452 g/mol. The molecular formula is C26H25N7O. The molecule has 4 aromatic heterocycles. The Morgan fingerprint density at radius 2 is 2.00 bits per heavy atom. The van der Waals surface area contributed by atoms with Crippen molar-refractivity contribution in [2.45, 2.75) is 32.4 Å². The van der Waals surface area contributed by atoms with Crippen LogP contribution in [0, 0.1) is 0 Å². The predicted octanol–water partition coefficient (Wildman–Crippen LogP) is 4.53. The highest BCUT2D eigenvalue weighted by atomic mass is 16.1. The second-order valence-corrected chi connectivity index (χ2v) is 8.90. The van der Waals surface area contributed by atoms with Gasteiger partial charge in [-0.05, 0) is 62.7 Å². The number of rotatable bonds is 5. The van der Waals surface area contributed by atoms with Crippen LogP contribution in [0.5, 0.6) is 0 Å². The minimum Gasteiger partial charge on any atom is -0.357 e. The van der Waals surface area contributed by atoms with Crippen molar-refractivity contribution in [3.63, 3.8) is 0 Å². The summed E-state index contributed by atoms with van der Waals surface area (Å²) in [6.45, 7) is 4.33. The van der Waals surface area contributed by atoms with Gasteiger partial charge in [0.25, 0.3) is 5.91 Å². The van der Waals surface area contributed by atoms with E-state index in [0.29, 0.717) is 17.4 Å². The summed E-state index contributed by atoms with van der Waals surface area (Å²) < 4.78 is 1.83. The fraction of sp³-hybridized carbons (Fsp3) is 0.231. The zero-order chi connectivity index (χ0) is 23.1. The van der Waals surface area contributed by atoms with Crippen LogP contribution in [0.25, 0.3) is 27.5 Å². The van der Waals surface area contributed by atoms with Crippen molar-refractivity contribution in [1.82, 2.24) is 29.6 Å². The molecule has 34 heavy (non-hydrogen) atoms. The number of likely N-dealkylation sites (tertiary alicyclic amines) is 1. The number of benzene rings is 1. The fourth-order valence-electron chi connectivity index (χ4n) is 4.74. The minimum absolute atomic E-state index is 0.205. The van der Waals surface area contributed by atoms with E-state index < -0.39 is 0 Å². The molecule has 1 amide bonds. The minimum atomic E-state index is -0.205. The normalized spacial score (nSPS) is 16.4. The maximum absolute atomic E-state index is 12.9. The molecule has 1 aromatic carbocycles. The van der Waals surface area contributed by atoms with Gasteiger partial charge in [-0.25, -0.2) is 9.67 Å². The monoisotopic (exact) mass is 451 g/mol. The van der Waals surface area contributed by atoms with Crippen molar-refractivity contribution in [3.8, 4) is 5.69 Å². The molecule has 8 heteroatoms. The standard InChI is InChI=1S/C26H25N7O/c1-17-3-2-10-32(17)16-21-12-19-14-28-25(13-23(19)30-21)31-26(34)18-4-5-24-20(11-18)15-29-33(24)22-6-8-27-9-7-22/h4-9,11-15,17,30H,2-3,10,16H2,1H3,(H,28,31,34)/t17-/m0/s1. The van der Waals surface area contributed by atoms with Gasteiger partial charge < -0.3 is 10.3 Å². The van der Waals surface area contributed by atoms with Crippen molar-refractivity contribution in [1.29, 1.82) is 0 Å². The second-order valence-electron chi connectivity index (χ2n) is 8.90. The summed E-state index contributed by atoms with van der Waals surface area (Å²) in [6.07, 6.45) is 9.55. The maximum Gasteiger partial charge on any atom is 0.256 e. The zero-order valence-electron chi connectivity index (χ0n) is 18.9. The van der Waals surface area contributed by atoms with E-state index in [1.807, 2.05) is 35.0 Å². The molecule has 2 N–H and O–H groups in total. The number of carbonyl (C=O) groups excluding carboxylic acids is 1. The Morgan fingerprint density at radius 1 is 1.12 bits per heavy atom. The number of carbonyl (C=O) groups is 1. The number of amides is 1. The molecule has 5 heterocycles. The van der Waals surface area contributed by atoms with E-state index in [4.69, 9.17) is 0 Å². The molecule has 1 aliphatic rings. The third-order valence-corrected chi connectivity index (χ3v) is 6.60. The number of pyridine rings is 2. The van der Waals surface area contributed by atoms with Gasteiger partial charge in [-0.3, -0.25) is 14.7 Å². The lowest BCUT2D eigenvalue weighted by atomic mass is 10.1. The average Bonchev–Trinajstić information content (AvgIpc) is 3.57. The van der Waals surface area contributed by atoms with E-state index in [1.165, 1.54) is 18.5 Å². The predicted molar refractivity (Wildman–Crippen MR) is 132 cm³/mol. The first-order valence-corrected chi connectivity index (χ1v) is 11.6. The number of nitrogens with one attached hydrogen (secondary N) is 2. The van der Waals surface area contributed by atoms with E-state index in [-0.39, 0.29) is 5.91 Å². The van der Waals surface area contributed by atoms with Crippen LogP contribution >= 0.6 is 0 Å². The van der Waals surface area contributed by atoms with Crippen LogP contribution in [-0.4, -0.2) is 48.1 Å². The van der Waals surface area contributed by atoms with Gasteiger partial charge in [-0.1, -0.05) is 0 Å². The number of hydrogen-bond donors (Lipinski definition) is 2. The first-order chi connectivity index (χ1) is 16.6. The van der Waals surface area contributed by atoms with E-state index in [2.05, 4.69) is 43.3 Å². The quantitative estimate of drug-likeness (QED) is 0.410. The summed E-state index contributed by atoms with van der Waals surface area (Å²) in [7, 11) is 0. The summed E-state index contributed by atoms with van der Waals surface area (Å²) in [5.41, 5.74) is 4.54. The summed E-state index contributed by atoms with van der Waals surface area (Å²) in [6, 6.07) is 14.0. The van der Waals surface area contributed by atoms with E-state index >= 15 is 0 Å². The van der Waals surface area contributed by atoms with Crippen LogP contribution in [0.3, 0.4) is 0 Å². The van der Waals surface area contributed by atoms with Gasteiger partial charge >= 0.3 is 0 Å². The number of H-pyrrole nitrogens is 1. The molecule has 6 rings (SSSR count). The van der Waals surface area contributed by atoms with Crippen LogP contribution in [0.15, 0.2) is 67.3 Å². The molecule has 0 bridgehead atoms. The van der Waals surface area contributed by atoms with Crippen molar-refractivity contribution in [2.75, 3.05) is 11.9 Å².